The van der Waals surface area contributed by atoms with Crippen LogP contribution in [0.2, 0.25) is 0 Å². The van der Waals surface area contributed by atoms with Gasteiger partial charge in [0, 0.05) is 18.8 Å². The van der Waals surface area contributed by atoms with Crippen LogP contribution in [-0.4, -0.2) is 88.8 Å². The molecule has 0 spiro atoms. The van der Waals surface area contributed by atoms with Crippen LogP contribution < -0.4 is 5.73 Å². The number of esters is 1. The van der Waals surface area contributed by atoms with E-state index in [-0.39, 0.29) is 54.2 Å². The SMILES string of the molecule is COC(=O)C1CCC(CC(=O)Cc2ccc(-c3ccc(O)c4c3C[C@@H]3C[C@@H]5C(N(C)C)C(=O)C(C(N)=O)C(=O)[C@]5(O)C(=O)C3C4=O)cc2)CC1. The third kappa shape index (κ3) is 5.77. The van der Waals surface area contributed by atoms with Gasteiger partial charge in [-0.3, -0.25) is 38.5 Å². The Kier molecular flexibility index (Phi) is 9.38. The zero-order valence-electron chi connectivity index (χ0n) is 28.3. The molecule has 50 heavy (non-hydrogen) atoms. The van der Waals surface area contributed by atoms with Gasteiger partial charge in [-0.2, -0.15) is 0 Å². The highest BCUT2D eigenvalue weighted by Gasteiger charge is 2.69. The smallest absolute Gasteiger partial charge is 0.308 e. The monoisotopic (exact) mass is 686 g/mol. The molecule has 3 saturated carbocycles. The van der Waals surface area contributed by atoms with Gasteiger partial charge in [-0.15, -0.1) is 0 Å². The quantitative estimate of drug-likeness (QED) is 0.271. The van der Waals surface area contributed by atoms with Gasteiger partial charge >= 0.3 is 5.97 Å². The number of carbonyl (C=O) groups excluding carboxylic acids is 7. The Morgan fingerprint density at radius 3 is 2.22 bits per heavy atom. The Morgan fingerprint density at radius 1 is 0.960 bits per heavy atom. The Morgan fingerprint density at radius 2 is 1.62 bits per heavy atom. The molecular formula is C38H42N2O10. The summed E-state index contributed by atoms with van der Waals surface area (Å²) in [6.45, 7) is 0. The summed E-state index contributed by atoms with van der Waals surface area (Å²) < 4.78 is 4.85. The molecule has 0 saturated heterocycles. The molecule has 4 aliphatic rings. The van der Waals surface area contributed by atoms with Crippen LogP contribution in [0.25, 0.3) is 11.1 Å². The zero-order valence-corrected chi connectivity index (χ0v) is 28.3. The lowest BCUT2D eigenvalue weighted by Crippen LogP contribution is -2.74. The molecule has 0 aliphatic heterocycles. The molecule has 0 radical (unpaired) electrons. The van der Waals surface area contributed by atoms with E-state index in [1.165, 1.54) is 18.1 Å². The number of Topliss-reactive ketones (excluding diaryl/α,β-unsaturated/α-hetero) is 5. The van der Waals surface area contributed by atoms with E-state index in [0.717, 1.165) is 36.8 Å². The summed E-state index contributed by atoms with van der Waals surface area (Å²) >= 11 is 0. The summed E-state index contributed by atoms with van der Waals surface area (Å²) in [4.78, 5) is 93.3. The number of fused-ring (bicyclic) bond motifs is 3. The fourth-order valence-corrected chi connectivity index (χ4v) is 9.07. The number of rotatable bonds is 8. The van der Waals surface area contributed by atoms with Gasteiger partial charge in [0.15, 0.2) is 34.7 Å². The third-order valence-corrected chi connectivity index (χ3v) is 11.5. The zero-order chi connectivity index (χ0) is 36.2. The van der Waals surface area contributed by atoms with Crippen molar-refractivity contribution in [3.63, 3.8) is 0 Å². The first-order chi connectivity index (χ1) is 23.7. The van der Waals surface area contributed by atoms with Crippen molar-refractivity contribution >= 4 is 40.8 Å². The molecule has 12 heteroatoms. The number of phenols is 1. The molecule has 1 amide bonds. The number of ketones is 5. The molecule has 0 heterocycles. The van der Waals surface area contributed by atoms with Crippen LogP contribution in [0.15, 0.2) is 36.4 Å². The maximum absolute atomic E-state index is 14.1. The van der Waals surface area contributed by atoms with Gasteiger partial charge in [0.25, 0.3) is 0 Å². The number of nitrogens with zero attached hydrogens (tertiary/aromatic N) is 1. The van der Waals surface area contributed by atoms with Gasteiger partial charge in [-0.1, -0.05) is 30.3 Å². The molecular weight excluding hydrogens is 644 g/mol. The van der Waals surface area contributed by atoms with Crippen molar-refractivity contribution in [1.82, 2.24) is 4.90 Å². The summed E-state index contributed by atoms with van der Waals surface area (Å²) in [5.41, 5.74) is 5.23. The van der Waals surface area contributed by atoms with Crippen molar-refractivity contribution in [2.24, 2.45) is 41.2 Å². The Labute approximate surface area is 289 Å². The van der Waals surface area contributed by atoms with Crippen LogP contribution >= 0.6 is 0 Å². The summed E-state index contributed by atoms with van der Waals surface area (Å²) in [6, 6.07) is 9.22. The molecule has 6 rings (SSSR count). The van der Waals surface area contributed by atoms with Crippen molar-refractivity contribution in [2.45, 2.75) is 63.0 Å². The molecule has 2 aromatic carbocycles. The number of hydrogen-bond acceptors (Lipinski definition) is 11. The normalized spacial score (nSPS) is 30.7. The Hall–Kier alpha value is -4.55. The summed E-state index contributed by atoms with van der Waals surface area (Å²) in [6.07, 6.45) is 3.85. The molecule has 3 fully saturated rings. The number of primary amides is 1. The average Bonchev–Trinajstić information content (AvgIpc) is 3.06. The number of likely N-dealkylation sites (N-methyl/N-ethyl adjacent to an activating group) is 1. The topological polar surface area (TPSA) is 198 Å². The summed E-state index contributed by atoms with van der Waals surface area (Å²) in [7, 11) is 4.47. The molecule has 12 nitrogen and oxygen atoms in total. The predicted octanol–water partition coefficient (Wildman–Crippen LogP) is 2.02. The van der Waals surface area contributed by atoms with Crippen molar-refractivity contribution < 1.29 is 48.5 Å². The van der Waals surface area contributed by atoms with Crippen LogP contribution in [0.4, 0.5) is 0 Å². The van der Waals surface area contributed by atoms with Crippen LogP contribution in [0.3, 0.4) is 0 Å². The number of phenolic OH excluding ortho intramolecular Hbond substituents is 1. The fraction of sp³-hybridized carbons (Fsp3) is 0.500. The van der Waals surface area contributed by atoms with E-state index in [1.54, 1.807) is 20.2 Å². The van der Waals surface area contributed by atoms with Crippen molar-refractivity contribution in [1.29, 1.82) is 0 Å². The molecule has 4 aliphatic carbocycles. The van der Waals surface area contributed by atoms with E-state index in [1.807, 2.05) is 24.3 Å². The standard InChI is InChI=1S/C38H42N2O10/c1-40(2)31-26-17-22-16-25-24(20-8-4-18(5-9-20)14-23(41)15-19-6-10-21(11-7-19)37(48)50-3)12-13-27(42)29(25)32(43)28(22)34(45)38(26,49)35(46)30(33(31)44)36(39)47/h4-5,8-9,12-13,19,21-22,26,28,30-31,42,49H,6-7,10-11,14-17H2,1-3H3,(H2,39,47)/t19?,21?,22-,26-,28?,30?,31?,38-/m1/s1. The highest BCUT2D eigenvalue weighted by Crippen LogP contribution is 2.51. The van der Waals surface area contributed by atoms with Crippen molar-refractivity contribution in [3.8, 4) is 16.9 Å². The first-order valence-electron chi connectivity index (χ1n) is 17.1. The molecule has 0 aromatic heterocycles. The van der Waals surface area contributed by atoms with E-state index in [9.17, 15) is 43.8 Å². The number of benzene rings is 2. The molecule has 264 valence electrons. The van der Waals surface area contributed by atoms with E-state index >= 15 is 0 Å². The number of carbonyl (C=O) groups is 7. The predicted molar refractivity (Wildman–Crippen MR) is 178 cm³/mol. The van der Waals surface area contributed by atoms with Crippen LogP contribution in [0.5, 0.6) is 5.75 Å². The third-order valence-electron chi connectivity index (χ3n) is 11.5. The van der Waals surface area contributed by atoms with E-state index in [0.29, 0.717) is 17.5 Å². The lowest BCUT2D eigenvalue weighted by Gasteiger charge is -2.52. The molecule has 4 N–H and O–H groups in total. The Bertz CT molecular complexity index is 1790. The Balaban J connectivity index is 1.24. The van der Waals surface area contributed by atoms with E-state index in [4.69, 9.17) is 10.5 Å². The van der Waals surface area contributed by atoms with Crippen LogP contribution in [0.1, 0.15) is 60.0 Å². The summed E-state index contributed by atoms with van der Waals surface area (Å²) in [5.74, 6) is -10.9. The number of aromatic hydroxyl groups is 1. The first-order valence-corrected chi connectivity index (χ1v) is 17.1. The number of nitrogens with two attached hydrogens (primary N) is 1. The second-order valence-electron chi connectivity index (χ2n) is 14.6. The minimum Gasteiger partial charge on any atom is -0.507 e. The first kappa shape index (κ1) is 35.3. The molecule has 2 aromatic rings. The van der Waals surface area contributed by atoms with Gasteiger partial charge in [-0.25, -0.2) is 0 Å². The lowest BCUT2D eigenvalue weighted by molar-refractivity contribution is -0.181. The number of aliphatic hydroxyl groups is 1. The van der Waals surface area contributed by atoms with Gasteiger partial charge < -0.3 is 20.7 Å². The second kappa shape index (κ2) is 13.3. The van der Waals surface area contributed by atoms with E-state index < -0.39 is 64.4 Å². The van der Waals surface area contributed by atoms with E-state index in [2.05, 4.69) is 0 Å². The number of methoxy groups -OCH3 is 1. The largest absolute Gasteiger partial charge is 0.507 e. The number of ether oxygens (including phenoxy) is 1. The fourth-order valence-electron chi connectivity index (χ4n) is 9.07. The van der Waals surface area contributed by atoms with Crippen LogP contribution in [0, 0.1) is 35.5 Å². The van der Waals surface area contributed by atoms with Gasteiger partial charge in [0.2, 0.25) is 5.91 Å². The number of amides is 1. The molecule has 3 unspecified atom stereocenters. The summed E-state index contributed by atoms with van der Waals surface area (Å²) in [5, 5.41) is 22.7. The van der Waals surface area contributed by atoms with Gasteiger partial charge in [0.1, 0.15) is 11.5 Å². The second-order valence-corrected chi connectivity index (χ2v) is 14.6. The van der Waals surface area contributed by atoms with Gasteiger partial charge in [0.05, 0.1) is 30.6 Å². The molecule has 6 atom stereocenters. The minimum atomic E-state index is -2.78. The maximum Gasteiger partial charge on any atom is 0.308 e. The minimum absolute atomic E-state index is 0.0373. The molecule has 0 bridgehead atoms. The van der Waals surface area contributed by atoms with Gasteiger partial charge in [-0.05, 0) is 92.8 Å². The highest BCUT2D eigenvalue weighted by atomic mass is 16.5. The van der Waals surface area contributed by atoms with Crippen LogP contribution in [-0.2, 0) is 46.3 Å². The lowest BCUT2D eigenvalue weighted by atomic mass is 9.52. The number of hydrogen-bond donors (Lipinski definition) is 3. The average molecular weight is 687 g/mol. The van der Waals surface area contributed by atoms with Crippen molar-refractivity contribution in [2.75, 3.05) is 21.2 Å². The van der Waals surface area contributed by atoms with Crippen molar-refractivity contribution in [3.05, 3.63) is 53.1 Å². The highest BCUT2D eigenvalue weighted by molar-refractivity contribution is 6.32. The maximum atomic E-state index is 14.1.